The van der Waals surface area contributed by atoms with Gasteiger partial charge in [-0.25, -0.2) is 13.4 Å². The summed E-state index contributed by atoms with van der Waals surface area (Å²) in [7, 11) is -3.82. The zero-order valence-corrected chi connectivity index (χ0v) is 19.9. The smallest absolute Gasteiger partial charge is 0.264 e. The number of carbonyl (C=O) groups excluding carboxylic acids is 1. The Morgan fingerprint density at radius 2 is 1.82 bits per heavy atom. The van der Waals surface area contributed by atoms with Crippen LogP contribution in [0, 0.1) is 0 Å². The van der Waals surface area contributed by atoms with E-state index in [1.165, 1.54) is 16.4 Å². The predicted molar refractivity (Wildman–Crippen MR) is 132 cm³/mol. The van der Waals surface area contributed by atoms with Crippen molar-refractivity contribution in [3.8, 4) is 0 Å². The van der Waals surface area contributed by atoms with Gasteiger partial charge in [-0.2, -0.15) is 0 Å². The number of para-hydroxylation sites is 1. The summed E-state index contributed by atoms with van der Waals surface area (Å²) in [5.41, 5.74) is 1.77. The molecule has 0 spiro atoms. The van der Waals surface area contributed by atoms with Crippen LogP contribution < -0.4 is 14.5 Å². The number of sulfonamides is 1. The van der Waals surface area contributed by atoms with Crippen LogP contribution in [0.4, 0.5) is 11.5 Å². The fourth-order valence-electron chi connectivity index (χ4n) is 3.83. The number of ether oxygens (including phenoxy) is 1. The van der Waals surface area contributed by atoms with Crippen LogP contribution in [0.15, 0.2) is 77.8 Å². The summed E-state index contributed by atoms with van der Waals surface area (Å²) >= 11 is 0. The molecule has 1 N–H and O–H groups in total. The lowest BCUT2D eigenvalue weighted by molar-refractivity contribution is 0.0950. The third-order valence-corrected chi connectivity index (χ3v) is 7.51. The summed E-state index contributed by atoms with van der Waals surface area (Å²) in [6.45, 7) is 5.25. The molecular weight excluding hydrogens is 452 g/mol. The molecule has 0 radical (unpaired) electrons. The van der Waals surface area contributed by atoms with Gasteiger partial charge in [-0.3, -0.25) is 9.10 Å². The Labute approximate surface area is 200 Å². The van der Waals surface area contributed by atoms with Crippen molar-refractivity contribution in [2.24, 2.45) is 0 Å². The van der Waals surface area contributed by atoms with E-state index in [2.05, 4.69) is 15.2 Å². The van der Waals surface area contributed by atoms with Gasteiger partial charge in [0.15, 0.2) is 0 Å². The van der Waals surface area contributed by atoms with Crippen molar-refractivity contribution in [1.82, 2.24) is 10.3 Å². The molecule has 2 aromatic carbocycles. The highest BCUT2D eigenvalue weighted by molar-refractivity contribution is 7.92. The van der Waals surface area contributed by atoms with Gasteiger partial charge in [0.2, 0.25) is 0 Å². The second kappa shape index (κ2) is 10.7. The van der Waals surface area contributed by atoms with Gasteiger partial charge >= 0.3 is 0 Å². The summed E-state index contributed by atoms with van der Waals surface area (Å²) in [6, 6.07) is 18.8. The highest BCUT2D eigenvalue weighted by Gasteiger charge is 2.24. The lowest BCUT2D eigenvalue weighted by Crippen LogP contribution is -2.36. The molecule has 0 aliphatic carbocycles. The van der Waals surface area contributed by atoms with Crippen molar-refractivity contribution in [3.05, 3.63) is 84.1 Å². The Bertz CT molecular complexity index is 1230. The van der Waals surface area contributed by atoms with Gasteiger partial charge in [0.05, 0.1) is 23.8 Å². The Balaban J connectivity index is 1.47. The van der Waals surface area contributed by atoms with Crippen LogP contribution in [0.25, 0.3) is 0 Å². The minimum Gasteiger partial charge on any atom is -0.378 e. The molecule has 1 aliphatic heterocycles. The van der Waals surface area contributed by atoms with Crippen molar-refractivity contribution in [1.29, 1.82) is 0 Å². The minimum atomic E-state index is -3.82. The van der Waals surface area contributed by atoms with E-state index in [-0.39, 0.29) is 22.9 Å². The second-order valence-corrected chi connectivity index (χ2v) is 9.70. The van der Waals surface area contributed by atoms with E-state index >= 15 is 0 Å². The van der Waals surface area contributed by atoms with E-state index in [0.29, 0.717) is 25.4 Å². The van der Waals surface area contributed by atoms with Crippen LogP contribution in [-0.4, -0.2) is 52.2 Å². The van der Waals surface area contributed by atoms with E-state index in [4.69, 9.17) is 4.74 Å². The first-order valence-corrected chi connectivity index (χ1v) is 12.7. The van der Waals surface area contributed by atoms with Crippen molar-refractivity contribution >= 4 is 27.4 Å². The van der Waals surface area contributed by atoms with E-state index in [9.17, 15) is 13.2 Å². The van der Waals surface area contributed by atoms with Crippen LogP contribution >= 0.6 is 0 Å². The molecule has 3 aromatic rings. The van der Waals surface area contributed by atoms with Crippen LogP contribution in [0.1, 0.15) is 22.8 Å². The number of morpholine rings is 1. The molecule has 178 valence electrons. The van der Waals surface area contributed by atoms with E-state index in [1.54, 1.807) is 49.5 Å². The molecule has 4 rings (SSSR count). The molecule has 0 atom stereocenters. The average Bonchev–Trinajstić information content (AvgIpc) is 2.89. The number of hydrogen-bond donors (Lipinski definition) is 1. The lowest BCUT2D eigenvalue weighted by Gasteiger charge is -2.28. The predicted octanol–water partition coefficient (Wildman–Crippen LogP) is 3.06. The largest absolute Gasteiger partial charge is 0.378 e. The summed E-state index contributed by atoms with van der Waals surface area (Å²) < 4.78 is 33.3. The van der Waals surface area contributed by atoms with Crippen molar-refractivity contribution in [2.45, 2.75) is 18.4 Å². The number of rotatable bonds is 8. The molecule has 1 fully saturated rings. The summed E-state index contributed by atoms with van der Waals surface area (Å²) in [5, 5.41) is 2.88. The standard InChI is InChI=1S/C25H28N4O4S/c1-2-29(22-8-4-3-5-9-22)34(31,32)23-10-6-7-21(18-23)25(30)27-19-20-11-12-26-24(17-20)28-13-15-33-16-14-28/h3-12,17-18H,2,13-16,19H2,1H3,(H,27,30). The first-order chi connectivity index (χ1) is 16.5. The van der Waals surface area contributed by atoms with Crippen LogP contribution in [-0.2, 0) is 21.3 Å². The van der Waals surface area contributed by atoms with Gasteiger partial charge < -0.3 is 15.0 Å². The van der Waals surface area contributed by atoms with Crippen molar-refractivity contribution < 1.29 is 17.9 Å². The van der Waals surface area contributed by atoms with E-state index < -0.39 is 10.0 Å². The lowest BCUT2D eigenvalue weighted by atomic mass is 10.2. The average molecular weight is 481 g/mol. The first kappa shape index (κ1) is 23.7. The van der Waals surface area contributed by atoms with Gasteiger partial charge in [0.25, 0.3) is 15.9 Å². The van der Waals surface area contributed by atoms with Crippen molar-refractivity contribution in [3.63, 3.8) is 0 Å². The number of anilines is 2. The summed E-state index contributed by atoms with van der Waals surface area (Å²) in [4.78, 5) is 19.5. The Hall–Kier alpha value is -3.43. The summed E-state index contributed by atoms with van der Waals surface area (Å²) in [5.74, 6) is 0.508. The molecule has 0 saturated carbocycles. The number of nitrogens with one attached hydrogen (secondary N) is 1. The third kappa shape index (κ3) is 5.37. The number of pyridine rings is 1. The molecule has 9 heteroatoms. The SMILES string of the molecule is CCN(c1ccccc1)S(=O)(=O)c1cccc(C(=O)NCc2ccnc(N3CCOCC3)c2)c1. The van der Waals surface area contributed by atoms with Crippen molar-refractivity contribution in [2.75, 3.05) is 42.1 Å². The molecular formula is C25H28N4O4S. The molecule has 0 unspecified atom stereocenters. The maximum Gasteiger partial charge on any atom is 0.264 e. The Morgan fingerprint density at radius 3 is 2.56 bits per heavy atom. The number of nitrogens with zero attached hydrogens (tertiary/aromatic N) is 3. The molecule has 1 aromatic heterocycles. The molecule has 1 amide bonds. The summed E-state index contributed by atoms with van der Waals surface area (Å²) in [6.07, 6.45) is 1.72. The monoisotopic (exact) mass is 480 g/mol. The van der Waals surface area contributed by atoms with E-state index in [0.717, 1.165) is 24.5 Å². The number of amides is 1. The zero-order chi connectivity index (χ0) is 24.0. The third-order valence-electron chi connectivity index (χ3n) is 5.61. The number of benzene rings is 2. The molecule has 8 nitrogen and oxygen atoms in total. The topological polar surface area (TPSA) is 91.8 Å². The van der Waals surface area contributed by atoms with Gasteiger partial charge in [-0.1, -0.05) is 24.3 Å². The maximum absolute atomic E-state index is 13.3. The van der Waals surface area contributed by atoms with Gasteiger partial charge in [0, 0.05) is 37.9 Å². The fraction of sp³-hybridized carbons (Fsp3) is 0.280. The highest BCUT2D eigenvalue weighted by atomic mass is 32.2. The molecule has 34 heavy (non-hydrogen) atoms. The number of aromatic nitrogens is 1. The van der Waals surface area contributed by atoms with Crippen LogP contribution in [0.5, 0.6) is 0 Å². The molecule has 2 heterocycles. The molecule has 1 aliphatic rings. The van der Waals surface area contributed by atoms with Crippen LogP contribution in [0.3, 0.4) is 0 Å². The van der Waals surface area contributed by atoms with Gasteiger partial charge in [0.1, 0.15) is 5.82 Å². The molecule has 0 bridgehead atoms. The quantitative estimate of drug-likeness (QED) is 0.533. The highest BCUT2D eigenvalue weighted by Crippen LogP contribution is 2.24. The Morgan fingerprint density at radius 1 is 1.06 bits per heavy atom. The van der Waals surface area contributed by atoms with Gasteiger partial charge in [-0.05, 0) is 55.0 Å². The van der Waals surface area contributed by atoms with Crippen LogP contribution in [0.2, 0.25) is 0 Å². The number of carbonyl (C=O) groups is 1. The Kier molecular flexibility index (Phi) is 7.44. The fourth-order valence-corrected chi connectivity index (χ4v) is 5.35. The molecule has 1 saturated heterocycles. The normalized spacial score (nSPS) is 14.0. The van der Waals surface area contributed by atoms with E-state index in [1.807, 2.05) is 18.2 Å². The minimum absolute atomic E-state index is 0.0735. The second-order valence-electron chi connectivity index (χ2n) is 7.84. The maximum atomic E-state index is 13.3. The van der Waals surface area contributed by atoms with Gasteiger partial charge in [-0.15, -0.1) is 0 Å². The first-order valence-electron chi connectivity index (χ1n) is 11.2. The zero-order valence-electron chi connectivity index (χ0n) is 19.1. The number of hydrogen-bond acceptors (Lipinski definition) is 6.